The third-order valence-electron chi connectivity index (χ3n) is 6.76. The second-order valence-corrected chi connectivity index (χ2v) is 11.8. The van der Waals surface area contributed by atoms with Crippen LogP contribution in [0, 0.1) is 17.5 Å². The zero-order chi connectivity index (χ0) is 21.3. The number of aryl methyl sites for hydroxylation is 1. The van der Waals surface area contributed by atoms with Crippen LogP contribution in [0.1, 0.15) is 43.5 Å². The number of nitrogens with one attached hydrogen (secondary N) is 1. The molecule has 4 nitrogen and oxygen atoms in total. The lowest BCUT2D eigenvalue weighted by Crippen LogP contribution is -2.47. The lowest BCUT2D eigenvalue weighted by molar-refractivity contribution is -0.0901. The number of aromatic nitrogens is 1. The summed E-state index contributed by atoms with van der Waals surface area (Å²) in [7, 11) is -2.53. The number of hydrogen-bond acceptors (Lipinski definition) is 3. The molecule has 0 saturated carbocycles. The highest BCUT2D eigenvalue weighted by Crippen LogP contribution is 2.52. The molecule has 3 heterocycles. The lowest BCUT2D eigenvalue weighted by atomic mass is 9.75. The molecule has 1 saturated heterocycles. The maximum atomic E-state index is 13.7. The predicted molar refractivity (Wildman–Crippen MR) is 118 cm³/mol. The average molecular weight is 427 g/mol. The van der Waals surface area contributed by atoms with E-state index in [2.05, 4.69) is 43.5 Å². The Kier molecular flexibility index (Phi) is 4.22. The van der Waals surface area contributed by atoms with Gasteiger partial charge in [0, 0.05) is 49.0 Å². The highest BCUT2D eigenvalue weighted by molar-refractivity contribution is 7.92. The maximum absolute atomic E-state index is 13.7. The van der Waals surface area contributed by atoms with Gasteiger partial charge >= 0.3 is 0 Å². The fourth-order valence-corrected chi connectivity index (χ4v) is 6.72. The smallest absolute Gasteiger partial charge is 0.123 e. The molecule has 1 aromatic heterocycles. The highest BCUT2D eigenvalue weighted by Gasteiger charge is 2.50. The van der Waals surface area contributed by atoms with Crippen LogP contribution in [0.2, 0.25) is 0 Å². The molecule has 30 heavy (non-hydrogen) atoms. The first-order chi connectivity index (χ1) is 14.1. The van der Waals surface area contributed by atoms with Gasteiger partial charge in [-0.3, -0.25) is 4.78 Å². The van der Waals surface area contributed by atoms with E-state index in [1.165, 1.54) is 34.3 Å². The molecular formula is C24H27FN2O2S. The Hall–Kier alpha value is -2.18. The number of fused-ring (bicyclic) bond motifs is 4. The Morgan fingerprint density at radius 3 is 2.43 bits per heavy atom. The molecule has 0 atom stereocenters. The van der Waals surface area contributed by atoms with E-state index in [9.17, 15) is 8.60 Å². The molecule has 6 heteroatoms. The summed E-state index contributed by atoms with van der Waals surface area (Å²) in [6.07, 6.45) is 1.19. The summed E-state index contributed by atoms with van der Waals surface area (Å²) in [5, 5.41) is 1.17. The van der Waals surface area contributed by atoms with Crippen LogP contribution < -0.4 is 0 Å². The first-order valence-corrected chi connectivity index (χ1v) is 12.3. The van der Waals surface area contributed by atoms with Crippen molar-refractivity contribution in [3.8, 4) is 5.69 Å². The lowest BCUT2D eigenvalue weighted by Gasteiger charge is -2.46. The molecule has 0 radical (unpaired) electrons. The molecule has 5 rings (SSSR count). The summed E-state index contributed by atoms with van der Waals surface area (Å²) >= 11 is 0. The van der Waals surface area contributed by atoms with E-state index < -0.39 is 15.3 Å². The second kappa shape index (κ2) is 6.41. The minimum Gasteiger partial charge on any atom is -0.369 e. The van der Waals surface area contributed by atoms with Crippen LogP contribution in [0.25, 0.3) is 16.6 Å². The van der Waals surface area contributed by atoms with Crippen LogP contribution in [0.5, 0.6) is 0 Å². The number of ether oxygens (including phenoxy) is 1. The zero-order valence-electron chi connectivity index (χ0n) is 17.6. The number of benzene rings is 2. The number of halogens is 1. The monoisotopic (exact) mass is 426 g/mol. The van der Waals surface area contributed by atoms with Crippen LogP contribution in [0.3, 0.4) is 0 Å². The molecule has 158 valence electrons. The molecule has 0 aliphatic carbocycles. The van der Waals surface area contributed by atoms with Crippen LogP contribution in [0.4, 0.5) is 4.39 Å². The minimum atomic E-state index is -2.53. The van der Waals surface area contributed by atoms with Gasteiger partial charge in [0.05, 0.1) is 17.7 Å². The van der Waals surface area contributed by atoms with Gasteiger partial charge in [-0.05, 0) is 55.7 Å². The second-order valence-electron chi connectivity index (χ2n) is 9.39. The predicted octanol–water partition coefficient (Wildman–Crippen LogP) is 5.42. The van der Waals surface area contributed by atoms with Gasteiger partial charge < -0.3 is 9.30 Å². The molecule has 1 fully saturated rings. The third kappa shape index (κ3) is 2.84. The summed E-state index contributed by atoms with van der Waals surface area (Å²) in [6, 6.07) is 12.9. The summed E-state index contributed by atoms with van der Waals surface area (Å²) < 4.78 is 43.0. The largest absolute Gasteiger partial charge is 0.369 e. The quantitative estimate of drug-likeness (QED) is 0.565. The Labute approximate surface area is 177 Å². The molecule has 1 spiro atoms. The van der Waals surface area contributed by atoms with Crippen molar-refractivity contribution in [3.05, 3.63) is 65.1 Å². The van der Waals surface area contributed by atoms with Gasteiger partial charge in [-0.1, -0.05) is 26.0 Å². The molecule has 0 unspecified atom stereocenters. The van der Waals surface area contributed by atoms with E-state index in [0.29, 0.717) is 31.0 Å². The Morgan fingerprint density at radius 1 is 1.10 bits per heavy atom. The molecule has 0 amide bonds. The molecule has 0 bridgehead atoms. The van der Waals surface area contributed by atoms with E-state index in [1.807, 2.05) is 12.1 Å². The van der Waals surface area contributed by atoms with Crippen molar-refractivity contribution in [1.82, 2.24) is 4.57 Å². The van der Waals surface area contributed by atoms with Crippen molar-refractivity contribution in [2.75, 3.05) is 18.1 Å². The van der Waals surface area contributed by atoms with Crippen LogP contribution in [0.15, 0.2) is 42.5 Å². The highest BCUT2D eigenvalue weighted by atomic mass is 32.2. The van der Waals surface area contributed by atoms with E-state index >= 15 is 0 Å². The molecule has 1 N–H and O–H groups in total. The Balaban J connectivity index is 1.88. The van der Waals surface area contributed by atoms with Crippen molar-refractivity contribution in [3.63, 3.8) is 0 Å². The van der Waals surface area contributed by atoms with Gasteiger partial charge in [0.15, 0.2) is 0 Å². The Morgan fingerprint density at radius 2 is 1.77 bits per heavy atom. The first-order valence-electron chi connectivity index (χ1n) is 10.4. The first kappa shape index (κ1) is 19.8. The summed E-state index contributed by atoms with van der Waals surface area (Å²) in [5.74, 6) is 0.473. The normalized spacial score (nSPS) is 28.0. The fourth-order valence-electron chi connectivity index (χ4n) is 5.20. The van der Waals surface area contributed by atoms with E-state index in [-0.39, 0.29) is 11.2 Å². The summed E-state index contributed by atoms with van der Waals surface area (Å²) in [4.78, 5) is 0. The van der Waals surface area contributed by atoms with Crippen LogP contribution in [-0.2, 0) is 25.5 Å². The number of rotatable bonds is 1. The molecular weight excluding hydrogens is 399 g/mol. The fraction of sp³-hybridized carbons (Fsp3) is 0.417. The van der Waals surface area contributed by atoms with Crippen molar-refractivity contribution in [2.45, 2.75) is 44.6 Å². The SMILES string of the molecule is Cc1cccc2c1c1c(n2-c2ccc(F)cc2)C(C)(C)COC12CCS(=N)(=O)CC2. The van der Waals surface area contributed by atoms with Crippen molar-refractivity contribution < 1.29 is 13.3 Å². The number of nitrogens with zero attached hydrogens (tertiary/aromatic N) is 1. The van der Waals surface area contributed by atoms with Crippen molar-refractivity contribution in [1.29, 1.82) is 4.78 Å². The van der Waals surface area contributed by atoms with Gasteiger partial charge in [0.1, 0.15) is 5.82 Å². The van der Waals surface area contributed by atoms with Crippen molar-refractivity contribution >= 4 is 20.6 Å². The van der Waals surface area contributed by atoms with Gasteiger partial charge in [-0.25, -0.2) is 8.60 Å². The summed E-state index contributed by atoms with van der Waals surface area (Å²) in [6.45, 7) is 7.03. The average Bonchev–Trinajstić information content (AvgIpc) is 3.06. The minimum absolute atomic E-state index is 0.250. The van der Waals surface area contributed by atoms with E-state index in [4.69, 9.17) is 9.52 Å². The van der Waals surface area contributed by atoms with Crippen LogP contribution in [-0.4, -0.2) is 26.9 Å². The van der Waals surface area contributed by atoms with Gasteiger partial charge in [-0.2, -0.15) is 0 Å². The van der Waals surface area contributed by atoms with Crippen LogP contribution >= 0.6 is 0 Å². The topological polar surface area (TPSA) is 55.1 Å². The van der Waals surface area contributed by atoms with E-state index in [0.717, 1.165) is 11.2 Å². The van der Waals surface area contributed by atoms with Gasteiger partial charge in [0.25, 0.3) is 0 Å². The standard InChI is InChI=1S/C24H27FN2O2S/c1-16-5-4-6-19-20(16)21-22(27(19)18-9-7-17(25)8-10-18)23(2,3)15-29-24(21)11-13-30(26,28)14-12-24/h4-10,26H,11-15H2,1-3H3. The number of hydrogen-bond donors (Lipinski definition) is 1. The molecule has 2 aromatic carbocycles. The van der Waals surface area contributed by atoms with Gasteiger partial charge in [-0.15, -0.1) is 0 Å². The van der Waals surface area contributed by atoms with Crippen molar-refractivity contribution in [2.24, 2.45) is 0 Å². The summed E-state index contributed by atoms with van der Waals surface area (Å²) in [5.41, 5.74) is 4.76. The zero-order valence-corrected chi connectivity index (χ0v) is 18.4. The Bertz CT molecular complexity index is 1240. The molecule has 2 aliphatic heterocycles. The third-order valence-corrected chi connectivity index (χ3v) is 8.49. The van der Waals surface area contributed by atoms with E-state index in [1.54, 1.807) is 0 Å². The molecule has 2 aliphatic rings. The molecule has 3 aromatic rings. The maximum Gasteiger partial charge on any atom is 0.123 e. The van der Waals surface area contributed by atoms with Gasteiger partial charge in [0.2, 0.25) is 0 Å².